The van der Waals surface area contributed by atoms with Gasteiger partial charge in [0.25, 0.3) is 5.91 Å². The van der Waals surface area contributed by atoms with Crippen LogP contribution in [0.2, 0.25) is 0 Å². The summed E-state index contributed by atoms with van der Waals surface area (Å²) < 4.78 is 49.4. The maximum absolute atomic E-state index is 13.6. The summed E-state index contributed by atoms with van der Waals surface area (Å²) >= 11 is 0. The van der Waals surface area contributed by atoms with Gasteiger partial charge in [-0.1, -0.05) is 13.8 Å². The van der Waals surface area contributed by atoms with E-state index in [9.17, 15) is 22.0 Å². The molecule has 0 aliphatic carbocycles. The largest absolute Gasteiger partial charge is 0.341 e. The fourth-order valence-corrected chi connectivity index (χ4v) is 2.36. The van der Waals surface area contributed by atoms with Gasteiger partial charge in [-0.15, -0.1) is 0 Å². The Morgan fingerprint density at radius 2 is 1.85 bits per heavy atom. The molecule has 0 saturated heterocycles. The zero-order valence-corrected chi connectivity index (χ0v) is 12.2. The number of hydrogen-bond donors (Lipinski definition) is 1. The van der Waals surface area contributed by atoms with Gasteiger partial charge in [0.2, 0.25) is 10.0 Å². The molecule has 0 saturated carbocycles. The van der Waals surface area contributed by atoms with Crippen LogP contribution in [0.15, 0.2) is 17.0 Å². The number of sulfonamides is 1. The van der Waals surface area contributed by atoms with Crippen LogP contribution in [-0.4, -0.2) is 32.8 Å². The first-order valence-electron chi connectivity index (χ1n) is 5.81. The van der Waals surface area contributed by atoms with E-state index in [1.807, 2.05) is 13.8 Å². The van der Waals surface area contributed by atoms with Crippen LogP contribution in [0.5, 0.6) is 0 Å². The highest BCUT2D eigenvalue weighted by Gasteiger charge is 2.23. The highest BCUT2D eigenvalue weighted by molar-refractivity contribution is 7.89. The van der Waals surface area contributed by atoms with Gasteiger partial charge in [-0.05, 0) is 12.0 Å². The summed E-state index contributed by atoms with van der Waals surface area (Å²) in [5.41, 5.74) is -0.529. The molecule has 0 atom stereocenters. The molecule has 0 fully saturated rings. The first-order valence-corrected chi connectivity index (χ1v) is 7.36. The Hall–Kier alpha value is -1.54. The van der Waals surface area contributed by atoms with E-state index in [1.165, 1.54) is 11.9 Å². The van der Waals surface area contributed by atoms with Crippen LogP contribution in [0.1, 0.15) is 24.2 Å². The molecule has 112 valence electrons. The van der Waals surface area contributed by atoms with Crippen molar-refractivity contribution in [1.29, 1.82) is 0 Å². The van der Waals surface area contributed by atoms with Gasteiger partial charge in [0.1, 0.15) is 16.5 Å². The number of halogens is 2. The van der Waals surface area contributed by atoms with Crippen molar-refractivity contribution in [1.82, 2.24) is 4.90 Å². The molecule has 0 heterocycles. The first-order chi connectivity index (χ1) is 9.04. The van der Waals surface area contributed by atoms with Crippen molar-refractivity contribution in [3.63, 3.8) is 0 Å². The Kier molecular flexibility index (Phi) is 4.82. The van der Waals surface area contributed by atoms with Crippen LogP contribution in [0.25, 0.3) is 0 Å². The Morgan fingerprint density at radius 1 is 1.30 bits per heavy atom. The number of carbonyl (C=O) groups excluding carboxylic acids is 1. The van der Waals surface area contributed by atoms with E-state index in [0.29, 0.717) is 18.7 Å². The quantitative estimate of drug-likeness (QED) is 0.911. The van der Waals surface area contributed by atoms with E-state index in [0.717, 1.165) is 0 Å². The van der Waals surface area contributed by atoms with Gasteiger partial charge in [-0.25, -0.2) is 22.3 Å². The minimum absolute atomic E-state index is 0.144. The minimum Gasteiger partial charge on any atom is -0.341 e. The summed E-state index contributed by atoms with van der Waals surface area (Å²) in [4.78, 5) is 12.3. The summed E-state index contributed by atoms with van der Waals surface area (Å²) in [6, 6.07) is 0.968. The van der Waals surface area contributed by atoms with Crippen molar-refractivity contribution in [3.05, 3.63) is 29.3 Å². The van der Waals surface area contributed by atoms with Crippen LogP contribution >= 0.6 is 0 Å². The van der Waals surface area contributed by atoms with Gasteiger partial charge >= 0.3 is 0 Å². The normalized spacial score (nSPS) is 11.8. The monoisotopic (exact) mass is 306 g/mol. The van der Waals surface area contributed by atoms with Crippen LogP contribution < -0.4 is 5.14 Å². The third-order valence-corrected chi connectivity index (χ3v) is 3.47. The average Bonchev–Trinajstić information content (AvgIpc) is 2.25. The second-order valence-corrected chi connectivity index (χ2v) is 6.42. The summed E-state index contributed by atoms with van der Waals surface area (Å²) in [6.45, 7) is 4.07. The molecule has 0 aliphatic rings. The Morgan fingerprint density at radius 3 is 2.30 bits per heavy atom. The molecular weight excluding hydrogens is 290 g/mol. The number of rotatable bonds is 4. The standard InChI is InChI=1S/C12H16F2N2O3S/c1-7(2)6-16(3)12(17)8-4-11(20(15,18)19)10(14)5-9(8)13/h4-5,7H,6H2,1-3H3,(H2,15,18,19). The molecule has 0 radical (unpaired) electrons. The van der Waals surface area contributed by atoms with E-state index >= 15 is 0 Å². The molecule has 1 aromatic carbocycles. The molecular formula is C12H16F2N2O3S. The van der Waals surface area contributed by atoms with Crippen molar-refractivity contribution in [3.8, 4) is 0 Å². The minimum atomic E-state index is -4.37. The lowest BCUT2D eigenvalue weighted by Crippen LogP contribution is -2.31. The van der Waals surface area contributed by atoms with Gasteiger partial charge in [0, 0.05) is 19.7 Å². The van der Waals surface area contributed by atoms with Gasteiger partial charge < -0.3 is 4.90 Å². The van der Waals surface area contributed by atoms with E-state index in [4.69, 9.17) is 5.14 Å². The van der Waals surface area contributed by atoms with Gasteiger partial charge in [-0.2, -0.15) is 0 Å². The summed E-state index contributed by atoms with van der Waals surface area (Å²) in [6.07, 6.45) is 0. The summed E-state index contributed by atoms with van der Waals surface area (Å²) in [5, 5.41) is 4.82. The molecule has 8 heteroatoms. The highest BCUT2D eigenvalue weighted by atomic mass is 32.2. The number of amides is 1. The molecule has 1 aromatic rings. The third kappa shape index (κ3) is 3.73. The molecule has 1 amide bonds. The lowest BCUT2D eigenvalue weighted by Gasteiger charge is -2.20. The predicted molar refractivity (Wildman–Crippen MR) is 69.5 cm³/mol. The molecule has 0 aliphatic heterocycles. The van der Waals surface area contributed by atoms with Crippen LogP contribution in [0.4, 0.5) is 8.78 Å². The predicted octanol–water partition coefficient (Wildman–Crippen LogP) is 1.34. The van der Waals surface area contributed by atoms with Crippen molar-refractivity contribution >= 4 is 15.9 Å². The second-order valence-electron chi connectivity index (χ2n) is 4.89. The van der Waals surface area contributed by atoms with E-state index in [1.54, 1.807) is 0 Å². The van der Waals surface area contributed by atoms with Crippen LogP contribution in [-0.2, 0) is 10.0 Å². The Labute approximate surface area is 116 Å². The van der Waals surface area contributed by atoms with Crippen molar-refractivity contribution in [2.24, 2.45) is 11.1 Å². The van der Waals surface area contributed by atoms with Gasteiger partial charge in [0.15, 0.2) is 0 Å². The second kappa shape index (κ2) is 5.84. The molecule has 5 nitrogen and oxygen atoms in total. The molecule has 1 rings (SSSR count). The number of carbonyl (C=O) groups is 1. The topological polar surface area (TPSA) is 80.5 Å². The Bertz CT molecular complexity index is 630. The molecule has 2 N–H and O–H groups in total. The maximum Gasteiger partial charge on any atom is 0.256 e. The first kappa shape index (κ1) is 16.5. The number of primary sulfonamides is 1. The molecule has 0 bridgehead atoms. The van der Waals surface area contributed by atoms with Crippen LogP contribution in [0.3, 0.4) is 0 Å². The van der Waals surface area contributed by atoms with Gasteiger partial charge in [0.05, 0.1) is 5.56 Å². The maximum atomic E-state index is 13.6. The number of benzene rings is 1. The van der Waals surface area contributed by atoms with Crippen LogP contribution in [0, 0.1) is 17.6 Å². The van der Waals surface area contributed by atoms with E-state index in [2.05, 4.69) is 0 Å². The number of nitrogens with zero attached hydrogens (tertiary/aromatic N) is 1. The smallest absolute Gasteiger partial charge is 0.256 e. The lowest BCUT2D eigenvalue weighted by molar-refractivity contribution is 0.0774. The van der Waals surface area contributed by atoms with Crippen molar-refractivity contribution in [2.45, 2.75) is 18.7 Å². The average molecular weight is 306 g/mol. The van der Waals surface area contributed by atoms with Gasteiger partial charge in [-0.3, -0.25) is 4.79 Å². The number of hydrogen-bond acceptors (Lipinski definition) is 3. The summed E-state index contributed by atoms with van der Waals surface area (Å²) in [7, 11) is -2.92. The fraction of sp³-hybridized carbons (Fsp3) is 0.417. The van der Waals surface area contributed by atoms with E-state index < -0.39 is 38.0 Å². The third-order valence-electron chi connectivity index (χ3n) is 2.54. The Balaban J connectivity index is 3.29. The zero-order chi connectivity index (χ0) is 15.7. The van der Waals surface area contributed by atoms with Crippen molar-refractivity contribution in [2.75, 3.05) is 13.6 Å². The SMILES string of the molecule is CC(C)CN(C)C(=O)c1cc(S(N)(=O)=O)c(F)cc1F. The fourth-order valence-electron chi connectivity index (χ4n) is 1.75. The molecule has 0 aromatic heterocycles. The molecule has 0 unspecified atom stereocenters. The lowest BCUT2D eigenvalue weighted by atomic mass is 10.1. The molecule has 20 heavy (non-hydrogen) atoms. The summed E-state index contributed by atoms with van der Waals surface area (Å²) in [5.74, 6) is -3.05. The number of nitrogens with two attached hydrogens (primary N) is 1. The molecule has 0 spiro atoms. The highest BCUT2D eigenvalue weighted by Crippen LogP contribution is 2.20. The van der Waals surface area contributed by atoms with Crippen molar-refractivity contribution < 1.29 is 22.0 Å². The van der Waals surface area contributed by atoms with E-state index in [-0.39, 0.29) is 5.92 Å². The zero-order valence-electron chi connectivity index (χ0n) is 11.4.